The van der Waals surface area contributed by atoms with E-state index in [1.54, 1.807) is 0 Å². The van der Waals surface area contributed by atoms with Crippen LogP contribution in [0.2, 0.25) is 0 Å². The predicted octanol–water partition coefficient (Wildman–Crippen LogP) is 2.91. The number of anilines is 1. The number of hydrogen-bond donors (Lipinski definition) is 1. The molecule has 0 saturated heterocycles. The smallest absolute Gasteiger partial charge is 0.202 e. The summed E-state index contributed by atoms with van der Waals surface area (Å²) in [5.74, 6) is 0.984. The molecule has 0 radical (unpaired) electrons. The standard InChI is InChI=1S/C13H25N3O/c1-3-5-6-8-14-13-15-9-11-16(13)10-7-12-17-4-2/h9,11H,3-8,10,12H2,1-2H3,(H,14,15). The lowest BCUT2D eigenvalue weighted by Crippen LogP contribution is -2.10. The summed E-state index contributed by atoms with van der Waals surface area (Å²) < 4.78 is 7.49. The second-order valence-electron chi connectivity index (χ2n) is 4.13. The Morgan fingerprint density at radius 2 is 2.18 bits per heavy atom. The molecule has 1 N–H and O–H groups in total. The number of unbranched alkanes of at least 4 members (excludes halogenated alkanes) is 2. The number of rotatable bonds is 10. The van der Waals surface area contributed by atoms with Gasteiger partial charge in [-0.3, -0.25) is 0 Å². The molecule has 0 saturated carbocycles. The lowest BCUT2D eigenvalue weighted by molar-refractivity contribution is 0.142. The second-order valence-corrected chi connectivity index (χ2v) is 4.13. The third-order valence-corrected chi connectivity index (χ3v) is 2.67. The van der Waals surface area contributed by atoms with E-state index < -0.39 is 0 Å². The van der Waals surface area contributed by atoms with Crippen LogP contribution in [0.3, 0.4) is 0 Å². The average Bonchev–Trinajstić information content (AvgIpc) is 2.78. The van der Waals surface area contributed by atoms with E-state index in [-0.39, 0.29) is 0 Å². The Kier molecular flexibility index (Phi) is 7.47. The first kappa shape index (κ1) is 14.0. The van der Waals surface area contributed by atoms with Gasteiger partial charge >= 0.3 is 0 Å². The maximum Gasteiger partial charge on any atom is 0.202 e. The van der Waals surface area contributed by atoms with Crippen LogP contribution in [0, 0.1) is 0 Å². The minimum Gasteiger partial charge on any atom is -0.382 e. The maximum absolute atomic E-state index is 5.33. The summed E-state index contributed by atoms with van der Waals surface area (Å²) in [6.45, 7) is 7.84. The molecule has 17 heavy (non-hydrogen) atoms. The van der Waals surface area contributed by atoms with Crippen LogP contribution in [0.4, 0.5) is 5.95 Å². The van der Waals surface area contributed by atoms with Gasteiger partial charge < -0.3 is 14.6 Å². The van der Waals surface area contributed by atoms with Crippen molar-refractivity contribution < 1.29 is 4.74 Å². The van der Waals surface area contributed by atoms with Crippen LogP contribution >= 0.6 is 0 Å². The summed E-state index contributed by atoms with van der Waals surface area (Å²) >= 11 is 0. The Morgan fingerprint density at radius 1 is 1.29 bits per heavy atom. The van der Waals surface area contributed by atoms with Crippen LogP contribution < -0.4 is 5.32 Å². The van der Waals surface area contributed by atoms with Crippen molar-refractivity contribution in [1.82, 2.24) is 9.55 Å². The maximum atomic E-state index is 5.33. The third kappa shape index (κ3) is 5.73. The average molecular weight is 239 g/mol. The number of hydrogen-bond acceptors (Lipinski definition) is 3. The van der Waals surface area contributed by atoms with Gasteiger partial charge in [0.1, 0.15) is 0 Å². The zero-order valence-electron chi connectivity index (χ0n) is 11.1. The van der Waals surface area contributed by atoms with E-state index in [0.29, 0.717) is 0 Å². The lowest BCUT2D eigenvalue weighted by atomic mass is 10.2. The summed E-state index contributed by atoms with van der Waals surface area (Å²) in [6.07, 6.45) is 8.65. The highest BCUT2D eigenvalue weighted by atomic mass is 16.5. The van der Waals surface area contributed by atoms with Gasteiger partial charge in [-0.15, -0.1) is 0 Å². The lowest BCUT2D eigenvalue weighted by Gasteiger charge is -2.09. The molecule has 4 heteroatoms. The topological polar surface area (TPSA) is 39.1 Å². The molecule has 0 aliphatic carbocycles. The molecule has 98 valence electrons. The summed E-state index contributed by atoms with van der Waals surface area (Å²) in [5, 5.41) is 3.38. The van der Waals surface area contributed by atoms with Gasteiger partial charge in [0.15, 0.2) is 0 Å². The molecule has 0 fully saturated rings. The van der Waals surface area contributed by atoms with Gasteiger partial charge in [0.05, 0.1) is 0 Å². The van der Waals surface area contributed by atoms with Crippen molar-refractivity contribution in [3.63, 3.8) is 0 Å². The molecule has 1 heterocycles. The van der Waals surface area contributed by atoms with Gasteiger partial charge in [0, 0.05) is 38.7 Å². The van der Waals surface area contributed by atoms with Gasteiger partial charge in [-0.25, -0.2) is 4.98 Å². The van der Waals surface area contributed by atoms with E-state index >= 15 is 0 Å². The minimum atomic E-state index is 0.798. The van der Waals surface area contributed by atoms with Crippen LogP contribution in [0.5, 0.6) is 0 Å². The van der Waals surface area contributed by atoms with Crippen LogP contribution in [0.25, 0.3) is 0 Å². The van der Waals surface area contributed by atoms with Crippen molar-refractivity contribution >= 4 is 5.95 Å². The molecular weight excluding hydrogens is 214 g/mol. The summed E-state index contributed by atoms with van der Waals surface area (Å²) in [4.78, 5) is 4.32. The Morgan fingerprint density at radius 3 is 2.94 bits per heavy atom. The molecule has 1 aromatic rings. The Labute approximate surface area is 104 Å². The van der Waals surface area contributed by atoms with E-state index in [2.05, 4.69) is 21.8 Å². The van der Waals surface area contributed by atoms with Crippen LogP contribution in [-0.4, -0.2) is 29.3 Å². The molecule has 0 atom stereocenters. The molecule has 0 aromatic carbocycles. The van der Waals surface area contributed by atoms with Gasteiger partial charge in [-0.2, -0.15) is 0 Å². The fourth-order valence-corrected chi connectivity index (χ4v) is 1.71. The summed E-state index contributed by atoms with van der Waals surface area (Å²) in [6, 6.07) is 0. The third-order valence-electron chi connectivity index (χ3n) is 2.67. The molecule has 1 aromatic heterocycles. The van der Waals surface area contributed by atoms with Gasteiger partial charge in [-0.05, 0) is 19.8 Å². The SMILES string of the molecule is CCCCCNc1nccn1CCCOCC. The van der Waals surface area contributed by atoms with Gasteiger partial charge in [-0.1, -0.05) is 19.8 Å². The zero-order valence-corrected chi connectivity index (χ0v) is 11.1. The molecule has 0 aliphatic heterocycles. The molecule has 4 nitrogen and oxygen atoms in total. The number of nitrogens with zero attached hydrogens (tertiary/aromatic N) is 2. The first-order chi connectivity index (χ1) is 8.38. The van der Waals surface area contributed by atoms with Crippen molar-refractivity contribution in [3.05, 3.63) is 12.4 Å². The fraction of sp³-hybridized carbons (Fsp3) is 0.769. The van der Waals surface area contributed by atoms with Crippen LogP contribution in [0.1, 0.15) is 39.5 Å². The van der Waals surface area contributed by atoms with Crippen LogP contribution in [-0.2, 0) is 11.3 Å². The molecule has 0 bridgehead atoms. The van der Waals surface area contributed by atoms with E-state index in [1.165, 1.54) is 19.3 Å². The highest BCUT2D eigenvalue weighted by Crippen LogP contribution is 2.06. The van der Waals surface area contributed by atoms with Gasteiger partial charge in [0.25, 0.3) is 0 Å². The first-order valence-electron chi connectivity index (χ1n) is 6.71. The fourth-order valence-electron chi connectivity index (χ4n) is 1.71. The van der Waals surface area contributed by atoms with Crippen molar-refractivity contribution in [1.29, 1.82) is 0 Å². The van der Waals surface area contributed by atoms with Crippen molar-refractivity contribution in [2.24, 2.45) is 0 Å². The van der Waals surface area contributed by atoms with Crippen molar-refractivity contribution in [3.8, 4) is 0 Å². The molecule has 0 spiro atoms. The van der Waals surface area contributed by atoms with Crippen LogP contribution in [0.15, 0.2) is 12.4 Å². The van der Waals surface area contributed by atoms with Gasteiger partial charge in [0.2, 0.25) is 5.95 Å². The minimum absolute atomic E-state index is 0.798. The number of ether oxygens (including phenoxy) is 1. The predicted molar refractivity (Wildman–Crippen MR) is 71.4 cm³/mol. The molecule has 0 unspecified atom stereocenters. The summed E-state index contributed by atoms with van der Waals surface area (Å²) in [7, 11) is 0. The Bertz CT molecular complexity index is 259. The molecule has 0 amide bonds. The molecule has 1 rings (SSSR count). The summed E-state index contributed by atoms with van der Waals surface area (Å²) in [5.41, 5.74) is 0. The second kappa shape index (κ2) is 9.05. The van der Waals surface area contributed by atoms with E-state index in [0.717, 1.165) is 38.7 Å². The monoisotopic (exact) mass is 239 g/mol. The van der Waals surface area contributed by atoms with E-state index in [9.17, 15) is 0 Å². The Hall–Kier alpha value is -1.03. The normalized spacial score (nSPS) is 10.7. The quantitative estimate of drug-likeness (QED) is 0.638. The van der Waals surface area contributed by atoms with E-state index in [4.69, 9.17) is 4.74 Å². The Balaban J connectivity index is 2.22. The number of aryl methyl sites for hydroxylation is 1. The van der Waals surface area contributed by atoms with E-state index in [1.807, 2.05) is 19.3 Å². The van der Waals surface area contributed by atoms with Crippen molar-refractivity contribution in [2.45, 2.75) is 46.1 Å². The highest BCUT2D eigenvalue weighted by Gasteiger charge is 2.00. The first-order valence-corrected chi connectivity index (χ1v) is 6.71. The largest absolute Gasteiger partial charge is 0.382 e. The number of aromatic nitrogens is 2. The highest BCUT2D eigenvalue weighted by molar-refractivity contribution is 5.25. The van der Waals surface area contributed by atoms with Crippen molar-refractivity contribution in [2.75, 3.05) is 25.1 Å². The molecular formula is C13H25N3O. The number of nitrogens with one attached hydrogen (secondary N) is 1. The molecule has 0 aliphatic rings. The zero-order chi connectivity index (χ0) is 12.3. The number of imidazole rings is 1.